The molecule has 0 aliphatic rings. The van der Waals surface area contributed by atoms with Crippen LogP contribution in [0.4, 0.5) is 4.39 Å². The maximum atomic E-state index is 12.9. The number of carboxylic acid groups (broad SMARTS) is 1. The van der Waals surface area contributed by atoms with Crippen molar-refractivity contribution in [1.29, 1.82) is 0 Å². The molecule has 1 aromatic carbocycles. The number of rotatable bonds is 3. The standard InChI is InChI=1S/C10H10FNO4/c1-16-8-3-2-7(11)4-6(8)5-12-9(13)10(14)15/h2-4H,5H2,1H3,(H,12,13)(H,14,15). The normalized spacial score (nSPS) is 9.62. The number of halogens is 1. The average molecular weight is 227 g/mol. The molecule has 1 amide bonds. The molecule has 1 aromatic rings. The largest absolute Gasteiger partial charge is 0.496 e. The molecule has 0 saturated carbocycles. The van der Waals surface area contributed by atoms with E-state index in [1.165, 1.54) is 25.3 Å². The van der Waals surface area contributed by atoms with Crippen molar-refractivity contribution in [2.75, 3.05) is 7.11 Å². The zero-order valence-electron chi connectivity index (χ0n) is 8.49. The zero-order valence-corrected chi connectivity index (χ0v) is 8.49. The quantitative estimate of drug-likeness (QED) is 0.739. The molecule has 1 rings (SSSR count). The Labute approximate surface area is 90.8 Å². The second-order valence-corrected chi connectivity index (χ2v) is 2.94. The SMILES string of the molecule is COc1ccc(F)cc1CNC(=O)C(=O)O. The molecule has 0 radical (unpaired) electrons. The van der Waals surface area contributed by atoms with Crippen molar-refractivity contribution in [3.63, 3.8) is 0 Å². The Bertz CT molecular complexity index is 419. The first-order valence-corrected chi connectivity index (χ1v) is 4.38. The molecule has 0 fully saturated rings. The van der Waals surface area contributed by atoms with Crippen LogP contribution in [0.25, 0.3) is 0 Å². The van der Waals surface area contributed by atoms with Gasteiger partial charge in [-0.25, -0.2) is 9.18 Å². The summed E-state index contributed by atoms with van der Waals surface area (Å²) in [4.78, 5) is 21.0. The zero-order chi connectivity index (χ0) is 12.1. The summed E-state index contributed by atoms with van der Waals surface area (Å²) in [5.41, 5.74) is 0.372. The van der Waals surface area contributed by atoms with Gasteiger partial charge in [0.25, 0.3) is 0 Å². The highest BCUT2D eigenvalue weighted by Crippen LogP contribution is 2.18. The average Bonchev–Trinajstić information content (AvgIpc) is 2.25. The molecule has 0 unspecified atom stereocenters. The second kappa shape index (κ2) is 5.11. The topological polar surface area (TPSA) is 75.6 Å². The number of carbonyl (C=O) groups is 2. The van der Waals surface area contributed by atoms with Gasteiger partial charge in [-0.15, -0.1) is 0 Å². The lowest BCUT2D eigenvalue weighted by atomic mass is 10.2. The lowest BCUT2D eigenvalue weighted by Crippen LogP contribution is -2.30. The second-order valence-electron chi connectivity index (χ2n) is 2.94. The summed E-state index contributed by atoms with van der Waals surface area (Å²) in [7, 11) is 1.40. The van der Waals surface area contributed by atoms with Crippen LogP contribution >= 0.6 is 0 Å². The minimum Gasteiger partial charge on any atom is -0.496 e. The minimum absolute atomic E-state index is 0.105. The number of methoxy groups -OCH3 is 1. The first-order valence-electron chi connectivity index (χ1n) is 4.38. The lowest BCUT2D eigenvalue weighted by molar-refractivity contribution is -0.150. The Balaban J connectivity index is 2.76. The van der Waals surface area contributed by atoms with Crippen LogP contribution in [0.1, 0.15) is 5.56 Å². The third-order valence-corrected chi connectivity index (χ3v) is 1.88. The van der Waals surface area contributed by atoms with Gasteiger partial charge in [0.2, 0.25) is 0 Å². The van der Waals surface area contributed by atoms with Gasteiger partial charge in [0.15, 0.2) is 0 Å². The molecule has 6 heteroatoms. The van der Waals surface area contributed by atoms with Crippen molar-refractivity contribution in [2.45, 2.75) is 6.54 Å². The van der Waals surface area contributed by atoms with E-state index in [0.29, 0.717) is 11.3 Å². The van der Waals surface area contributed by atoms with E-state index < -0.39 is 17.7 Å². The summed E-state index contributed by atoms with van der Waals surface area (Å²) in [6.07, 6.45) is 0. The van der Waals surface area contributed by atoms with E-state index in [0.717, 1.165) is 0 Å². The van der Waals surface area contributed by atoms with Crippen LogP contribution in [-0.4, -0.2) is 24.1 Å². The maximum absolute atomic E-state index is 12.9. The minimum atomic E-state index is -1.59. The summed E-state index contributed by atoms with van der Waals surface area (Å²) in [5.74, 6) is -2.84. The number of hydrogen-bond acceptors (Lipinski definition) is 3. The summed E-state index contributed by atoms with van der Waals surface area (Å²) >= 11 is 0. The van der Waals surface area contributed by atoms with Gasteiger partial charge >= 0.3 is 11.9 Å². The number of benzene rings is 1. The number of aliphatic carboxylic acids is 1. The molecule has 0 aliphatic carbocycles. The maximum Gasteiger partial charge on any atom is 0.394 e. The molecule has 0 spiro atoms. The van der Waals surface area contributed by atoms with E-state index in [4.69, 9.17) is 9.84 Å². The van der Waals surface area contributed by atoms with Crippen molar-refractivity contribution < 1.29 is 23.8 Å². The van der Waals surface area contributed by atoms with Crippen molar-refractivity contribution in [1.82, 2.24) is 5.32 Å². The third kappa shape index (κ3) is 2.94. The monoisotopic (exact) mass is 227 g/mol. The van der Waals surface area contributed by atoms with Gasteiger partial charge in [0.1, 0.15) is 11.6 Å². The number of amides is 1. The molecule has 16 heavy (non-hydrogen) atoms. The van der Waals surface area contributed by atoms with Crippen LogP contribution in [0.5, 0.6) is 5.75 Å². The van der Waals surface area contributed by atoms with Crippen LogP contribution in [0.2, 0.25) is 0 Å². The Morgan fingerprint density at radius 3 is 2.75 bits per heavy atom. The number of carboxylic acids is 1. The van der Waals surface area contributed by atoms with E-state index in [2.05, 4.69) is 5.32 Å². The van der Waals surface area contributed by atoms with Crippen LogP contribution in [0, 0.1) is 5.82 Å². The van der Waals surface area contributed by atoms with Crippen LogP contribution in [0.3, 0.4) is 0 Å². The van der Waals surface area contributed by atoms with E-state index in [1.807, 2.05) is 0 Å². The molecule has 5 nitrogen and oxygen atoms in total. The fraction of sp³-hybridized carbons (Fsp3) is 0.200. The van der Waals surface area contributed by atoms with Crippen molar-refractivity contribution in [3.05, 3.63) is 29.6 Å². The number of nitrogens with one attached hydrogen (secondary N) is 1. The lowest BCUT2D eigenvalue weighted by Gasteiger charge is -2.08. The summed E-state index contributed by atoms with van der Waals surface area (Å²) in [6.45, 7) is -0.105. The number of carbonyl (C=O) groups excluding carboxylic acids is 1. The molecule has 0 heterocycles. The van der Waals surface area contributed by atoms with Gasteiger partial charge in [0, 0.05) is 12.1 Å². The Kier molecular flexibility index (Phi) is 3.82. The fourth-order valence-corrected chi connectivity index (χ4v) is 1.14. The van der Waals surface area contributed by atoms with E-state index in [1.54, 1.807) is 0 Å². The highest BCUT2D eigenvalue weighted by molar-refractivity contribution is 6.31. The fourth-order valence-electron chi connectivity index (χ4n) is 1.14. The van der Waals surface area contributed by atoms with Crippen molar-refractivity contribution in [3.8, 4) is 5.75 Å². The molecule has 0 aliphatic heterocycles. The Morgan fingerprint density at radius 1 is 1.50 bits per heavy atom. The Morgan fingerprint density at radius 2 is 2.19 bits per heavy atom. The van der Waals surface area contributed by atoms with Gasteiger partial charge in [0.05, 0.1) is 7.11 Å². The van der Waals surface area contributed by atoms with Crippen LogP contribution in [0.15, 0.2) is 18.2 Å². The van der Waals surface area contributed by atoms with E-state index in [9.17, 15) is 14.0 Å². The highest BCUT2D eigenvalue weighted by Gasteiger charge is 2.12. The molecule has 0 bridgehead atoms. The molecular formula is C10H10FNO4. The highest BCUT2D eigenvalue weighted by atomic mass is 19.1. The molecular weight excluding hydrogens is 217 g/mol. The molecule has 0 aromatic heterocycles. The van der Waals surface area contributed by atoms with Crippen molar-refractivity contribution >= 4 is 11.9 Å². The summed E-state index contributed by atoms with van der Waals surface area (Å²) in [5, 5.41) is 10.4. The van der Waals surface area contributed by atoms with Gasteiger partial charge < -0.3 is 15.2 Å². The third-order valence-electron chi connectivity index (χ3n) is 1.88. The molecule has 86 valence electrons. The van der Waals surface area contributed by atoms with Gasteiger partial charge in [-0.2, -0.15) is 0 Å². The Hall–Kier alpha value is -2.11. The van der Waals surface area contributed by atoms with Crippen LogP contribution < -0.4 is 10.1 Å². The summed E-state index contributed by atoms with van der Waals surface area (Å²) < 4.78 is 17.8. The number of hydrogen-bond donors (Lipinski definition) is 2. The number of ether oxygens (including phenoxy) is 1. The predicted molar refractivity (Wildman–Crippen MR) is 52.4 cm³/mol. The van der Waals surface area contributed by atoms with E-state index in [-0.39, 0.29) is 6.54 Å². The smallest absolute Gasteiger partial charge is 0.394 e. The van der Waals surface area contributed by atoms with E-state index >= 15 is 0 Å². The van der Waals surface area contributed by atoms with Crippen LogP contribution in [-0.2, 0) is 16.1 Å². The van der Waals surface area contributed by atoms with Gasteiger partial charge in [-0.1, -0.05) is 0 Å². The van der Waals surface area contributed by atoms with Gasteiger partial charge in [-0.3, -0.25) is 4.79 Å². The summed E-state index contributed by atoms with van der Waals surface area (Å²) in [6, 6.07) is 3.78. The van der Waals surface area contributed by atoms with Crippen molar-refractivity contribution in [2.24, 2.45) is 0 Å². The molecule has 0 atom stereocenters. The predicted octanol–water partition coefficient (Wildman–Crippen LogP) is 0.535. The molecule has 0 saturated heterocycles. The first-order chi connectivity index (χ1) is 7.54. The van der Waals surface area contributed by atoms with Gasteiger partial charge in [-0.05, 0) is 18.2 Å². The molecule has 2 N–H and O–H groups in total. The first kappa shape index (κ1) is 12.0.